The number of ether oxygens (including phenoxy) is 1. The summed E-state index contributed by atoms with van der Waals surface area (Å²) in [4.78, 5) is 11.0. The molecule has 1 N–H and O–H groups in total. The minimum Gasteiger partial charge on any atom is -0.423 e. The number of hydrogen-bond donors (Lipinski definition) is 1. The fraction of sp³-hybridized carbons (Fsp3) is 0.500. The topological polar surface area (TPSA) is 55.0 Å². The van der Waals surface area contributed by atoms with E-state index in [9.17, 15) is 4.79 Å². The maximum absolute atomic E-state index is 11.0. The van der Waals surface area contributed by atoms with Crippen LogP contribution in [0.3, 0.4) is 0 Å². The molecule has 0 spiro atoms. The summed E-state index contributed by atoms with van der Waals surface area (Å²) in [7, 11) is 0. The summed E-state index contributed by atoms with van der Waals surface area (Å²) >= 11 is 0. The van der Waals surface area contributed by atoms with Crippen molar-refractivity contribution in [2.75, 3.05) is 0 Å². The Hall–Kier alpha value is -1.32. The largest absolute Gasteiger partial charge is 0.423 e. The maximum atomic E-state index is 11.0. The van der Waals surface area contributed by atoms with E-state index in [1.54, 1.807) is 6.20 Å². The molecule has 66 valence electrons. The van der Waals surface area contributed by atoms with Gasteiger partial charge < -0.3 is 4.74 Å². The Labute approximate surface area is 70.9 Å². The van der Waals surface area contributed by atoms with Crippen LogP contribution < -0.4 is 4.74 Å². The molecule has 0 aliphatic heterocycles. The predicted molar refractivity (Wildman–Crippen MR) is 43.7 cm³/mol. The average Bonchev–Trinajstić information content (AvgIpc) is 2.53. The third-order valence-corrected chi connectivity index (χ3v) is 1.44. The highest BCUT2D eigenvalue weighted by Gasteiger charge is 2.03. The molecule has 0 unspecified atom stereocenters. The number of carbonyl (C=O) groups is 1. The summed E-state index contributed by atoms with van der Waals surface area (Å²) in [6, 6.07) is 0. The van der Waals surface area contributed by atoms with Gasteiger partial charge in [-0.1, -0.05) is 13.3 Å². The Kier molecular flexibility index (Phi) is 3.32. The van der Waals surface area contributed by atoms with Crippen LogP contribution in [-0.4, -0.2) is 16.2 Å². The van der Waals surface area contributed by atoms with E-state index in [0.29, 0.717) is 12.2 Å². The van der Waals surface area contributed by atoms with E-state index in [1.165, 1.54) is 6.20 Å². The minimum absolute atomic E-state index is 0.196. The smallest absolute Gasteiger partial charge is 0.311 e. The second kappa shape index (κ2) is 4.54. The molecular formula is C8H12N2O2. The molecule has 1 aromatic heterocycles. The maximum Gasteiger partial charge on any atom is 0.311 e. The van der Waals surface area contributed by atoms with Gasteiger partial charge in [-0.05, 0) is 6.42 Å². The van der Waals surface area contributed by atoms with Crippen molar-refractivity contribution in [3.63, 3.8) is 0 Å². The molecular weight excluding hydrogens is 156 g/mol. The van der Waals surface area contributed by atoms with Crippen LogP contribution in [0.1, 0.15) is 26.2 Å². The zero-order chi connectivity index (χ0) is 8.81. The first-order valence-corrected chi connectivity index (χ1v) is 4.02. The molecule has 0 fully saturated rings. The van der Waals surface area contributed by atoms with E-state index in [1.807, 2.05) is 6.92 Å². The first-order valence-electron chi connectivity index (χ1n) is 4.02. The van der Waals surface area contributed by atoms with E-state index in [2.05, 4.69) is 10.2 Å². The highest BCUT2D eigenvalue weighted by atomic mass is 16.5. The van der Waals surface area contributed by atoms with Crippen LogP contribution in [0.2, 0.25) is 0 Å². The van der Waals surface area contributed by atoms with Crippen molar-refractivity contribution in [1.29, 1.82) is 0 Å². The van der Waals surface area contributed by atoms with Crippen molar-refractivity contribution in [3.05, 3.63) is 12.4 Å². The van der Waals surface area contributed by atoms with Crippen LogP contribution in [0.4, 0.5) is 0 Å². The van der Waals surface area contributed by atoms with Gasteiger partial charge in [-0.15, -0.1) is 0 Å². The molecule has 0 saturated heterocycles. The van der Waals surface area contributed by atoms with Crippen LogP contribution in [0.25, 0.3) is 0 Å². The summed E-state index contributed by atoms with van der Waals surface area (Å²) in [6.07, 6.45) is 5.37. The first kappa shape index (κ1) is 8.77. The molecule has 1 aromatic rings. The number of unbranched alkanes of at least 4 members (excludes halogenated alkanes) is 1. The SMILES string of the molecule is CCCCC(=O)Oc1cn[nH]c1. The van der Waals surface area contributed by atoms with Crippen molar-refractivity contribution in [2.24, 2.45) is 0 Å². The van der Waals surface area contributed by atoms with Gasteiger partial charge in [0.2, 0.25) is 0 Å². The molecule has 0 atom stereocenters. The van der Waals surface area contributed by atoms with Gasteiger partial charge in [0.05, 0.1) is 12.4 Å². The third-order valence-electron chi connectivity index (χ3n) is 1.44. The normalized spacial score (nSPS) is 9.75. The van der Waals surface area contributed by atoms with Crippen LogP contribution in [0.5, 0.6) is 5.75 Å². The van der Waals surface area contributed by atoms with Crippen molar-refractivity contribution >= 4 is 5.97 Å². The van der Waals surface area contributed by atoms with Gasteiger partial charge in [-0.3, -0.25) is 9.89 Å². The Morgan fingerprint density at radius 2 is 2.58 bits per heavy atom. The molecule has 4 heteroatoms. The number of nitrogens with one attached hydrogen (secondary N) is 1. The lowest BCUT2D eigenvalue weighted by Gasteiger charge is -1.98. The van der Waals surface area contributed by atoms with Crippen molar-refractivity contribution in [1.82, 2.24) is 10.2 Å². The van der Waals surface area contributed by atoms with E-state index >= 15 is 0 Å². The highest BCUT2D eigenvalue weighted by molar-refractivity contribution is 5.71. The fourth-order valence-corrected chi connectivity index (χ4v) is 0.798. The van der Waals surface area contributed by atoms with Crippen LogP contribution in [-0.2, 0) is 4.79 Å². The van der Waals surface area contributed by atoms with Crippen molar-refractivity contribution in [3.8, 4) is 5.75 Å². The summed E-state index contributed by atoms with van der Waals surface area (Å²) in [6.45, 7) is 2.03. The molecule has 0 aliphatic carbocycles. The van der Waals surface area contributed by atoms with Crippen LogP contribution >= 0.6 is 0 Å². The summed E-state index contributed by atoms with van der Waals surface area (Å²) < 4.78 is 4.92. The average molecular weight is 168 g/mol. The van der Waals surface area contributed by atoms with Gasteiger partial charge in [0.1, 0.15) is 0 Å². The number of carbonyl (C=O) groups excluding carboxylic acids is 1. The molecule has 0 radical (unpaired) electrons. The first-order chi connectivity index (χ1) is 5.83. The molecule has 1 heterocycles. The molecule has 4 nitrogen and oxygen atoms in total. The molecule has 0 bridgehead atoms. The Morgan fingerprint density at radius 3 is 3.17 bits per heavy atom. The highest BCUT2D eigenvalue weighted by Crippen LogP contribution is 2.07. The molecule has 0 saturated carbocycles. The molecule has 1 rings (SSSR count). The third kappa shape index (κ3) is 2.74. The summed E-state index contributed by atoms with van der Waals surface area (Å²) in [5.41, 5.74) is 0. The van der Waals surface area contributed by atoms with Crippen molar-refractivity contribution in [2.45, 2.75) is 26.2 Å². The Morgan fingerprint density at radius 1 is 1.75 bits per heavy atom. The molecule has 0 amide bonds. The van der Waals surface area contributed by atoms with Gasteiger partial charge in [0.15, 0.2) is 5.75 Å². The van der Waals surface area contributed by atoms with Gasteiger partial charge >= 0.3 is 5.97 Å². The monoisotopic (exact) mass is 168 g/mol. The zero-order valence-electron chi connectivity index (χ0n) is 7.04. The predicted octanol–water partition coefficient (Wildman–Crippen LogP) is 1.51. The lowest BCUT2D eigenvalue weighted by atomic mass is 10.2. The van der Waals surface area contributed by atoms with E-state index in [-0.39, 0.29) is 5.97 Å². The van der Waals surface area contributed by atoms with Gasteiger partial charge in [-0.2, -0.15) is 5.10 Å². The number of aromatic nitrogens is 2. The molecule has 0 aliphatic rings. The van der Waals surface area contributed by atoms with Gasteiger partial charge in [0.25, 0.3) is 0 Å². The zero-order valence-corrected chi connectivity index (χ0v) is 7.04. The van der Waals surface area contributed by atoms with Gasteiger partial charge in [0, 0.05) is 6.42 Å². The number of nitrogens with zero attached hydrogens (tertiary/aromatic N) is 1. The lowest BCUT2D eigenvalue weighted by molar-refractivity contribution is -0.134. The van der Waals surface area contributed by atoms with E-state index < -0.39 is 0 Å². The number of hydrogen-bond acceptors (Lipinski definition) is 3. The van der Waals surface area contributed by atoms with Crippen molar-refractivity contribution < 1.29 is 9.53 Å². The Balaban J connectivity index is 2.27. The van der Waals surface area contributed by atoms with Crippen LogP contribution in [0, 0.1) is 0 Å². The van der Waals surface area contributed by atoms with E-state index in [0.717, 1.165) is 12.8 Å². The molecule has 0 aromatic carbocycles. The van der Waals surface area contributed by atoms with Gasteiger partial charge in [-0.25, -0.2) is 0 Å². The summed E-state index contributed by atoms with van der Waals surface area (Å²) in [5.74, 6) is 0.286. The number of esters is 1. The standard InChI is InChI=1S/C8H12N2O2/c1-2-3-4-8(11)12-7-5-9-10-6-7/h5-6H,2-4H2,1H3,(H,9,10). The van der Waals surface area contributed by atoms with E-state index in [4.69, 9.17) is 4.74 Å². The number of H-pyrrole nitrogens is 1. The number of rotatable bonds is 4. The lowest BCUT2D eigenvalue weighted by Crippen LogP contribution is -2.06. The van der Waals surface area contributed by atoms with Crippen LogP contribution in [0.15, 0.2) is 12.4 Å². The minimum atomic E-state index is -0.196. The summed E-state index contributed by atoms with van der Waals surface area (Å²) in [5, 5.41) is 6.22. The second-order valence-corrected chi connectivity index (χ2v) is 2.51. The molecule has 12 heavy (non-hydrogen) atoms. The fourth-order valence-electron chi connectivity index (χ4n) is 0.798. The quantitative estimate of drug-likeness (QED) is 0.693. The Bertz CT molecular complexity index is 231. The number of aromatic amines is 1. The second-order valence-electron chi connectivity index (χ2n) is 2.51.